The van der Waals surface area contributed by atoms with Crippen LogP contribution in [0.1, 0.15) is 19.3 Å². The normalized spacial score (nSPS) is 41.8. The number of amides is 1. The zero-order chi connectivity index (χ0) is 9.91. The molecule has 3 fully saturated rings. The van der Waals surface area contributed by atoms with Gasteiger partial charge in [0.25, 0.3) is 0 Å². The highest BCUT2D eigenvalue weighted by atomic mass is 19.4. The minimum Gasteiger partial charge on any atom is -0.313 e. The predicted molar refractivity (Wildman–Crippen MR) is 34.3 cm³/mol. The lowest BCUT2D eigenvalue weighted by molar-refractivity contribution is -0.337. The molecule has 6 heteroatoms. The van der Waals surface area contributed by atoms with Crippen LogP contribution in [-0.4, -0.2) is 17.8 Å². The van der Waals surface area contributed by atoms with Crippen molar-refractivity contribution in [3.8, 4) is 0 Å². The molecule has 0 aromatic carbocycles. The maximum atomic E-state index is 12.2. The zero-order valence-electron chi connectivity index (χ0n) is 6.57. The standard InChI is InChI=1S/C7H7F3NO2/c8-7(9,10)5-1-6(2-5,3-5)11-4(12)13/h11H,1-3H2. The van der Waals surface area contributed by atoms with Gasteiger partial charge >= 0.3 is 12.3 Å². The molecule has 3 aliphatic rings. The van der Waals surface area contributed by atoms with Gasteiger partial charge in [-0.1, -0.05) is 0 Å². The Kier molecular flexibility index (Phi) is 1.29. The summed E-state index contributed by atoms with van der Waals surface area (Å²) in [5, 5.41) is 12.1. The molecular formula is C7H7F3NO2. The Hall–Kier alpha value is -0.940. The Morgan fingerprint density at radius 3 is 2.00 bits per heavy atom. The summed E-state index contributed by atoms with van der Waals surface area (Å²) >= 11 is 0. The van der Waals surface area contributed by atoms with Gasteiger partial charge in [-0.15, -0.1) is 0 Å². The summed E-state index contributed by atoms with van der Waals surface area (Å²) < 4.78 is 36.7. The first-order valence-corrected chi connectivity index (χ1v) is 3.85. The number of carbonyl (C=O) groups is 1. The van der Waals surface area contributed by atoms with Gasteiger partial charge in [0.15, 0.2) is 0 Å². The maximum absolute atomic E-state index is 12.2. The van der Waals surface area contributed by atoms with E-state index in [1.807, 2.05) is 5.32 Å². The molecule has 0 spiro atoms. The predicted octanol–water partition coefficient (Wildman–Crippen LogP) is 1.61. The van der Waals surface area contributed by atoms with Gasteiger partial charge in [-0.2, -0.15) is 13.2 Å². The van der Waals surface area contributed by atoms with E-state index in [2.05, 4.69) is 0 Å². The quantitative estimate of drug-likeness (QED) is 0.677. The van der Waals surface area contributed by atoms with E-state index in [0.717, 1.165) is 0 Å². The third kappa shape index (κ3) is 0.941. The van der Waals surface area contributed by atoms with Gasteiger partial charge in [0.05, 0.1) is 5.41 Å². The molecule has 0 heterocycles. The van der Waals surface area contributed by atoms with Crippen molar-refractivity contribution in [3.63, 3.8) is 0 Å². The lowest BCUT2D eigenvalue weighted by Gasteiger charge is -2.69. The number of hydrogen-bond acceptors (Lipinski definition) is 1. The lowest BCUT2D eigenvalue weighted by Crippen LogP contribution is -2.78. The van der Waals surface area contributed by atoms with E-state index in [1.165, 1.54) is 0 Å². The molecule has 2 bridgehead atoms. The molecule has 1 N–H and O–H groups in total. The van der Waals surface area contributed by atoms with Crippen molar-refractivity contribution in [3.05, 3.63) is 0 Å². The molecule has 13 heavy (non-hydrogen) atoms. The SMILES string of the molecule is [O]C(=O)NC12CC(C(F)(F)F)(C1)C2. The van der Waals surface area contributed by atoms with Crippen molar-refractivity contribution >= 4 is 6.09 Å². The van der Waals surface area contributed by atoms with Crippen LogP contribution in [0.3, 0.4) is 0 Å². The molecule has 1 radical (unpaired) electrons. The van der Waals surface area contributed by atoms with Crippen LogP contribution in [0.5, 0.6) is 0 Å². The van der Waals surface area contributed by atoms with Crippen molar-refractivity contribution < 1.29 is 23.1 Å². The van der Waals surface area contributed by atoms with Gasteiger partial charge in [0.2, 0.25) is 0 Å². The van der Waals surface area contributed by atoms with E-state index in [4.69, 9.17) is 0 Å². The summed E-state index contributed by atoms with van der Waals surface area (Å²) in [5.74, 6) is 0. The molecular weight excluding hydrogens is 187 g/mol. The average Bonchev–Trinajstić information content (AvgIpc) is 1.70. The highest BCUT2D eigenvalue weighted by Gasteiger charge is 2.79. The second kappa shape index (κ2) is 1.93. The second-order valence-electron chi connectivity index (χ2n) is 4.00. The third-order valence-electron chi connectivity index (χ3n) is 3.00. The summed E-state index contributed by atoms with van der Waals surface area (Å²) in [6.07, 6.45) is -6.06. The van der Waals surface area contributed by atoms with Crippen molar-refractivity contribution in [2.24, 2.45) is 5.41 Å². The topological polar surface area (TPSA) is 49.0 Å². The number of rotatable bonds is 1. The fourth-order valence-electron chi connectivity index (χ4n) is 2.44. The average molecular weight is 194 g/mol. The van der Waals surface area contributed by atoms with Crippen LogP contribution >= 0.6 is 0 Å². The molecule has 3 nitrogen and oxygen atoms in total. The Balaban J connectivity index is 1.97. The molecule has 3 saturated carbocycles. The summed E-state index contributed by atoms with van der Waals surface area (Å²) in [4.78, 5) is 10.1. The fourth-order valence-corrected chi connectivity index (χ4v) is 2.44. The highest BCUT2D eigenvalue weighted by Crippen LogP contribution is 2.73. The van der Waals surface area contributed by atoms with Crippen LogP contribution in [0.15, 0.2) is 0 Å². The fraction of sp³-hybridized carbons (Fsp3) is 0.857. The first-order valence-electron chi connectivity index (χ1n) is 3.85. The van der Waals surface area contributed by atoms with E-state index in [-0.39, 0.29) is 19.3 Å². The number of nitrogens with one attached hydrogen (secondary N) is 1. The Morgan fingerprint density at radius 2 is 1.69 bits per heavy atom. The van der Waals surface area contributed by atoms with E-state index in [9.17, 15) is 23.1 Å². The van der Waals surface area contributed by atoms with E-state index in [1.54, 1.807) is 0 Å². The molecule has 0 atom stereocenters. The van der Waals surface area contributed by atoms with Crippen LogP contribution in [-0.2, 0) is 5.11 Å². The number of carbonyl (C=O) groups excluding carboxylic acids is 1. The third-order valence-corrected chi connectivity index (χ3v) is 3.00. The zero-order valence-corrected chi connectivity index (χ0v) is 6.57. The summed E-state index contributed by atoms with van der Waals surface area (Å²) in [7, 11) is 0. The van der Waals surface area contributed by atoms with Gasteiger partial charge in [0, 0.05) is 5.54 Å². The Morgan fingerprint density at radius 1 is 1.23 bits per heavy atom. The number of alkyl halides is 3. The van der Waals surface area contributed by atoms with E-state index < -0.39 is 23.2 Å². The maximum Gasteiger partial charge on any atom is 0.451 e. The molecule has 1 amide bonds. The van der Waals surface area contributed by atoms with Crippen molar-refractivity contribution in [2.45, 2.75) is 31.0 Å². The molecule has 0 unspecified atom stereocenters. The van der Waals surface area contributed by atoms with Crippen LogP contribution in [0.2, 0.25) is 0 Å². The van der Waals surface area contributed by atoms with E-state index >= 15 is 0 Å². The molecule has 0 saturated heterocycles. The van der Waals surface area contributed by atoms with E-state index in [0.29, 0.717) is 0 Å². The van der Waals surface area contributed by atoms with Gasteiger partial charge in [0.1, 0.15) is 0 Å². The van der Waals surface area contributed by atoms with Crippen LogP contribution < -0.4 is 5.32 Å². The van der Waals surface area contributed by atoms with Gasteiger partial charge in [-0.25, -0.2) is 9.90 Å². The molecule has 0 aromatic heterocycles. The summed E-state index contributed by atoms with van der Waals surface area (Å²) in [6, 6.07) is 0. The highest BCUT2D eigenvalue weighted by molar-refractivity contribution is 5.66. The number of halogens is 3. The van der Waals surface area contributed by atoms with Crippen LogP contribution in [0.4, 0.5) is 18.0 Å². The van der Waals surface area contributed by atoms with Gasteiger partial charge in [-0.3, -0.25) is 0 Å². The lowest BCUT2D eigenvalue weighted by atomic mass is 9.39. The monoisotopic (exact) mass is 194 g/mol. The van der Waals surface area contributed by atoms with Crippen LogP contribution in [0.25, 0.3) is 0 Å². The molecule has 0 aromatic rings. The van der Waals surface area contributed by atoms with Crippen molar-refractivity contribution in [2.75, 3.05) is 0 Å². The smallest absolute Gasteiger partial charge is 0.313 e. The second-order valence-corrected chi connectivity index (χ2v) is 4.00. The Labute approximate surface area is 71.9 Å². The minimum atomic E-state index is -4.19. The number of hydrogen-bond donors (Lipinski definition) is 1. The minimum absolute atomic E-state index is 0.127. The van der Waals surface area contributed by atoms with Gasteiger partial charge in [-0.05, 0) is 19.3 Å². The molecule has 73 valence electrons. The largest absolute Gasteiger partial charge is 0.451 e. The van der Waals surface area contributed by atoms with Crippen LogP contribution in [0, 0.1) is 5.41 Å². The van der Waals surface area contributed by atoms with Crippen molar-refractivity contribution in [1.29, 1.82) is 0 Å². The summed E-state index contributed by atoms with van der Waals surface area (Å²) in [5.41, 5.74) is -2.43. The van der Waals surface area contributed by atoms with Crippen molar-refractivity contribution in [1.82, 2.24) is 5.32 Å². The first kappa shape index (κ1) is 8.65. The van der Waals surface area contributed by atoms with Gasteiger partial charge < -0.3 is 5.32 Å². The Bertz CT molecular complexity index is 254. The molecule has 3 rings (SSSR count). The first-order chi connectivity index (χ1) is 5.79. The molecule has 0 aliphatic heterocycles. The summed E-state index contributed by atoms with van der Waals surface area (Å²) in [6.45, 7) is 0. The molecule has 3 aliphatic carbocycles.